The molecule has 0 aliphatic carbocycles. The summed E-state index contributed by atoms with van der Waals surface area (Å²) >= 11 is 0. The van der Waals surface area contributed by atoms with Gasteiger partial charge < -0.3 is 4.74 Å². The minimum absolute atomic E-state index is 0.163. The van der Waals surface area contributed by atoms with E-state index in [9.17, 15) is 23.3 Å². The molecule has 34 heavy (non-hydrogen) atoms. The molecular formula is C25H18F3N3O3. The molecule has 0 heterocycles. The van der Waals surface area contributed by atoms with Gasteiger partial charge >= 0.3 is 6.18 Å². The summed E-state index contributed by atoms with van der Waals surface area (Å²) in [7, 11) is 0. The maximum atomic E-state index is 12.9. The fourth-order valence-corrected chi connectivity index (χ4v) is 3.33. The number of hydrazone groups is 1. The van der Waals surface area contributed by atoms with Crippen molar-refractivity contribution in [2.75, 3.05) is 5.43 Å². The number of nitro groups is 1. The lowest BCUT2D eigenvalue weighted by molar-refractivity contribution is -0.384. The highest BCUT2D eigenvalue weighted by molar-refractivity contribution is 5.84. The van der Waals surface area contributed by atoms with Gasteiger partial charge in [-0.2, -0.15) is 18.3 Å². The Bertz CT molecular complexity index is 1370. The van der Waals surface area contributed by atoms with E-state index in [-0.39, 0.29) is 5.69 Å². The number of fused-ring (bicyclic) bond motifs is 1. The minimum Gasteiger partial charge on any atom is -0.488 e. The zero-order valence-corrected chi connectivity index (χ0v) is 17.6. The predicted octanol–water partition coefficient (Wildman–Crippen LogP) is 6.79. The quantitative estimate of drug-likeness (QED) is 0.185. The third-order valence-corrected chi connectivity index (χ3v) is 5.04. The molecule has 0 amide bonds. The van der Waals surface area contributed by atoms with Crippen molar-refractivity contribution in [1.82, 2.24) is 0 Å². The molecule has 0 aliphatic heterocycles. The summed E-state index contributed by atoms with van der Waals surface area (Å²) in [5, 5.41) is 17.4. The monoisotopic (exact) mass is 465 g/mol. The van der Waals surface area contributed by atoms with Crippen LogP contribution >= 0.6 is 0 Å². The zero-order chi connectivity index (χ0) is 24.1. The summed E-state index contributed by atoms with van der Waals surface area (Å²) in [6, 6.07) is 23.3. The number of hydrogen-bond donors (Lipinski definition) is 1. The van der Waals surface area contributed by atoms with Gasteiger partial charge in [-0.05, 0) is 46.7 Å². The van der Waals surface area contributed by atoms with Crippen LogP contribution in [0.5, 0.6) is 5.75 Å². The number of anilines is 1. The molecule has 0 aromatic heterocycles. The molecule has 4 aromatic carbocycles. The Morgan fingerprint density at radius 3 is 2.44 bits per heavy atom. The molecule has 4 aromatic rings. The Morgan fingerprint density at radius 1 is 0.941 bits per heavy atom. The lowest BCUT2D eigenvalue weighted by Crippen LogP contribution is -2.06. The molecule has 0 bridgehead atoms. The van der Waals surface area contributed by atoms with E-state index in [4.69, 9.17) is 4.74 Å². The van der Waals surface area contributed by atoms with Crippen LogP contribution < -0.4 is 10.2 Å². The number of nitro benzene ring substituents is 1. The van der Waals surface area contributed by atoms with Gasteiger partial charge in [0, 0.05) is 11.6 Å². The highest BCUT2D eigenvalue weighted by Crippen LogP contribution is 2.35. The van der Waals surface area contributed by atoms with Crippen molar-refractivity contribution in [3.8, 4) is 5.75 Å². The van der Waals surface area contributed by atoms with Crippen molar-refractivity contribution >= 4 is 28.4 Å². The maximum absolute atomic E-state index is 12.9. The molecule has 0 unspecified atom stereocenters. The molecule has 6 nitrogen and oxygen atoms in total. The zero-order valence-electron chi connectivity index (χ0n) is 17.6. The SMILES string of the molecule is O=[N+]([O-])c1cc(C(F)(F)F)ccc1N/N=C\c1ccccc1OCc1ccc2ccccc2c1. The molecule has 0 aliphatic rings. The molecule has 0 saturated heterocycles. The highest BCUT2D eigenvalue weighted by atomic mass is 19.4. The van der Waals surface area contributed by atoms with Crippen molar-refractivity contribution in [2.24, 2.45) is 5.10 Å². The molecule has 0 fully saturated rings. The van der Waals surface area contributed by atoms with E-state index in [1.54, 1.807) is 24.3 Å². The summed E-state index contributed by atoms with van der Waals surface area (Å²) in [5.74, 6) is 0.531. The molecule has 9 heteroatoms. The maximum Gasteiger partial charge on any atom is 0.416 e. The first kappa shape index (κ1) is 22.8. The second-order valence-electron chi connectivity index (χ2n) is 7.36. The number of ether oxygens (including phenoxy) is 1. The number of halogens is 3. The first-order valence-corrected chi connectivity index (χ1v) is 10.2. The molecule has 0 spiro atoms. The van der Waals surface area contributed by atoms with E-state index in [1.165, 1.54) is 6.21 Å². The summed E-state index contributed by atoms with van der Waals surface area (Å²) in [6.45, 7) is 0.313. The second-order valence-corrected chi connectivity index (χ2v) is 7.36. The first-order chi connectivity index (χ1) is 16.3. The van der Waals surface area contributed by atoms with Gasteiger partial charge in [-0.1, -0.05) is 48.5 Å². The van der Waals surface area contributed by atoms with Crippen LogP contribution in [0.15, 0.2) is 90.0 Å². The molecule has 172 valence electrons. The number of hydrogen-bond acceptors (Lipinski definition) is 5. The number of nitrogens with one attached hydrogen (secondary N) is 1. The lowest BCUT2D eigenvalue weighted by atomic mass is 10.1. The third-order valence-electron chi connectivity index (χ3n) is 5.04. The van der Waals surface area contributed by atoms with Crippen LogP contribution in [0.3, 0.4) is 0 Å². The summed E-state index contributed by atoms with van der Waals surface area (Å²) in [5.41, 5.74) is 2.01. The Kier molecular flexibility index (Phi) is 6.44. The summed E-state index contributed by atoms with van der Waals surface area (Å²) < 4.78 is 44.5. The van der Waals surface area contributed by atoms with Crippen LogP contribution in [0.25, 0.3) is 10.8 Å². The molecule has 1 N–H and O–H groups in total. The van der Waals surface area contributed by atoms with Gasteiger partial charge in [-0.15, -0.1) is 0 Å². The van der Waals surface area contributed by atoms with Crippen molar-refractivity contribution in [1.29, 1.82) is 0 Å². The van der Waals surface area contributed by atoms with Crippen LogP contribution in [-0.2, 0) is 12.8 Å². The second kappa shape index (κ2) is 9.62. The topological polar surface area (TPSA) is 76.8 Å². The number of benzene rings is 4. The molecule has 4 rings (SSSR count). The van der Waals surface area contributed by atoms with Gasteiger partial charge in [0.15, 0.2) is 0 Å². The van der Waals surface area contributed by atoms with Crippen molar-refractivity contribution in [3.05, 3.63) is 112 Å². The highest BCUT2D eigenvalue weighted by Gasteiger charge is 2.33. The summed E-state index contributed by atoms with van der Waals surface area (Å²) in [6.07, 6.45) is -3.30. The van der Waals surface area contributed by atoms with Gasteiger partial charge in [0.2, 0.25) is 0 Å². The van der Waals surface area contributed by atoms with Gasteiger partial charge in [-0.25, -0.2) is 0 Å². The summed E-state index contributed by atoms with van der Waals surface area (Å²) in [4.78, 5) is 10.3. The lowest BCUT2D eigenvalue weighted by Gasteiger charge is -2.10. The fraction of sp³-hybridized carbons (Fsp3) is 0.0800. The van der Waals surface area contributed by atoms with Gasteiger partial charge in [0.05, 0.1) is 16.7 Å². The number of para-hydroxylation sites is 1. The van der Waals surface area contributed by atoms with E-state index in [1.807, 2.05) is 42.5 Å². The normalized spacial score (nSPS) is 11.6. The predicted molar refractivity (Wildman–Crippen MR) is 124 cm³/mol. The van der Waals surface area contributed by atoms with Crippen molar-refractivity contribution < 1.29 is 22.8 Å². The van der Waals surface area contributed by atoms with Crippen molar-refractivity contribution in [3.63, 3.8) is 0 Å². The standard InChI is InChI=1S/C25H18F3N3O3/c26-25(27,28)21-11-12-22(23(14-21)31(32)33)30-29-15-20-7-3-4-8-24(20)34-16-17-9-10-18-5-1-2-6-19(18)13-17/h1-15,30H,16H2/b29-15-. The largest absolute Gasteiger partial charge is 0.488 e. The Hall–Kier alpha value is -4.40. The average molecular weight is 465 g/mol. The smallest absolute Gasteiger partial charge is 0.416 e. The Labute approximate surface area is 192 Å². The van der Waals surface area contributed by atoms with E-state index >= 15 is 0 Å². The fourth-order valence-electron chi connectivity index (χ4n) is 3.33. The van der Waals surface area contributed by atoms with Gasteiger partial charge in [-0.3, -0.25) is 15.5 Å². The molecule has 0 radical (unpaired) electrons. The molecular weight excluding hydrogens is 447 g/mol. The van der Waals surface area contributed by atoms with Crippen LogP contribution in [-0.4, -0.2) is 11.1 Å². The van der Waals surface area contributed by atoms with E-state index in [0.29, 0.717) is 24.0 Å². The number of nitrogens with zero attached hydrogens (tertiary/aromatic N) is 2. The van der Waals surface area contributed by atoms with Gasteiger partial charge in [0.25, 0.3) is 5.69 Å². The van der Waals surface area contributed by atoms with Crippen LogP contribution in [0, 0.1) is 10.1 Å². The minimum atomic E-state index is -4.69. The third kappa shape index (κ3) is 5.32. The van der Waals surface area contributed by atoms with Crippen LogP contribution in [0.2, 0.25) is 0 Å². The Balaban J connectivity index is 1.48. The van der Waals surface area contributed by atoms with E-state index in [2.05, 4.69) is 10.5 Å². The number of rotatable bonds is 7. The van der Waals surface area contributed by atoms with E-state index in [0.717, 1.165) is 28.5 Å². The van der Waals surface area contributed by atoms with Crippen LogP contribution in [0.1, 0.15) is 16.7 Å². The van der Waals surface area contributed by atoms with Crippen molar-refractivity contribution in [2.45, 2.75) is 12.8 Å². The van der Waals surface area contributed by atoms with Gasteiger partial charge in [0.1, 0.15) is 18.0 Å². The average Bonchev–Trinajstić information content (AvgIpc) is 2.82. The Morgan fingerprint density at radius 2 is 1.68 bits per heavy atom. The van der Waals surface area contributed by atoms with Crippen LogP contribution in [0.4, 0.5) is 24.5 Å². The number of alkyl halides is 3. The molecule has 0 saturated carbocycles. The molecule has 0 atom stereocenters. The first-order valence-electron chi connectivity index (χ1n) is 10.2. The van der Waals surface area contributed by atoms with E-state index < -0.39 is 22.4 Å².